The van der Waals surface area contributed by atoms with E-state index in [4.69, 9.17) is 4.74 Å². The first-order valence-corrected chi connectivity index (χ1v) is 8.19. The maximum atomic E-state index is 5.65. The van der Waals surface area contributed by atoms with E-state index >= 15 is 0 Å². The monoisotopic (exact) mass is 273 g/mol. The number of ether oxygens (including phenoxy) is 1. The summed E-state index contributed by atoms with van der Waals surface area (Å²) in [5, 5.41) is 3.65. The topological polar surface area (TPSA) is 21.3 Å². The van der Waals surface area contributed by atoms with Crippen LogP contribution in [-0.2, 0) is 4.74 Å². The first-order chi connectivity index (χ1) is 9.81. The van der Waals surface area contributed by atoms with Crippen molar-refractivity contribution < 1.29 is 4.74 Å². The summed E-state index contributed by atoms with van der Waals surface area (Å²) in [6.45, 7) is 5.19. The highest BCUT2D eigenvalue weighted by Crippen LogP contribution is 2.36. The maximum absolute atomic E-state index is 5.65. The quantitative estimate of drug-likeness (QED) is 0.730. The molecule has 2 fully saturated rings. The van der Waals surface area contributed by atoms with Gasteiger partial charge in [0, 0.05) is 19.3 Å². The standard InChI is InChI=1S/C18H27NO/c1-14-3-7-16(8-4-14)17-11-18(12-17)19-9-2-10-20-13-15-5-6-15/h3-4,7-8,15,17-19H,2,5-6,9-13H2,1H3. The third-order valence-corrected chi connectivity index (χ3v) is 4.64. The number of rotatable bonds is 8. The molecule has 0 unspecified atom stereocenters. The molecule has 0 spiro atoms. The second kappa shape index (κ2) is 6.73. The Morgan fingerprint density at radius 2 is 1.90 bits per heavy atom. The number of benzene rings is 1. The van der Waals surface area contributed by atoms with Gasteiger partial charge in [0.15, 0.2) is 0 Å². The van der Waals surface area contributed by atoms with Crippen molar-refractivity contribution in [3.63, 3.8) is 0 Å². The molecule has 0 saturated heterocycles. The van der Waals surface area contributed by atoms with Crippen LogP contribution in [0.25, 0.3) is 0 Å². The van der Waals surface area contributed by atoms with E-state index in [1.54, 1.807) is 0 Å². The van der Waals surface area contributed by atoms with Crippen molar-refractivity contribution in [2.45, 2.75) is 51.0 Å². The molecule has 2 heteroatoms. The van der Waals surface area contributed by atoms with Crippen molar-refractivity contribution in [3.05, 3.63) is 35.4 Å². The third-order valence-electron chi connectivity index (χ3n) is 4.64. The molecule has 0 radical (unpaired) electrons. The average molecular weight is 273 g/mol. The molecule has 1 aromatic rings. The van der Waals surface area contributed by atoms with E-state index in [9.17, 15) is 0 Å². The van der Waals surface area contributed by atoms with Crippen LogP contribution in [0.2, 0.25) is 0 Å². The molecule has 2 aliphatic carbocycles. The van der Waals surface area contributed by atoms with Crippen LogP contribution in [-0.4, -0.2) is 25.8 Å². The molecule has 0 bridgehead atoms. The maximum Gasteiger partial charge on any atom is 0.0494 e. The van der Waals surface area contributed by atoms with Gasteiger partial charge in [0.05, 0.1) is 0 Å². The lowest BCUT2D eigenvalue weighted by Gasteiger charge is -2.36. The molecule has 0 heterocycles. The Hall–Kier alpha value is -0.860. The SMILES string of the molecule is Cc1ccc(C2CC(NCCCOCC3CC3)C2)cc1. The summed E-state index contributed by atoms with van der Waals surface area (Å²) >= 11 is 0. The molecule has 0 aromatic heterocycles. The molecular formula is C18H27NO. The van der Waals surface area contributed by atoms with Gasteiger partial charge < -0.3 is 10.1 Å². The van der Waals surface area contributed by atoms with E-state index in [0.29, 0.717) is 0 Å². The van der Waals surface area contributed by atoms with Gasteiger partial charge >= 0.3 is 0 Å². The molecule has 20 heavy (non-hydrogen) atoms. The van der Waals surface area contributed by atoms with Gasteiger partial charge in [-0.2, -0.15) is 0 Å². The van der Waals surface area contributed by atoms with Gasteiger partial charge in [-0.05, 0) is 63.0 Å². The van der Waals surface area contributed by atoms with Crippen molar-refractivity contribution >= 4 is 0 Å². The fourth-order valence-corrected chi connectivity index (χ4v) is 2.91. The van der Waals surface area contributed by atoms with Crippen LogP contribution in [0.4, 0.5) is 0 Å². The van der Waals surface area contributed by atoms with E-state index in [2.05, 4.69) is 36.5 Å². The predicted molar refractivity (Wildman–Crippen MR) is 83.1 cm³/mol. The molecule has 0 aliphatic heterocycles. The van der Waals surface area contributed by atoms with Gasteiger partial charge in [-0.25, -0.2) is 0 Å². The van der Waals surface area contributed by atoms with Crippen LogP contribution in [0.1, 0.15) is 49.1 Å². The molecule has 1 N–H and O–H groups in total. The fraction of sp³-hybridized carbons (Fsp3) is 0.667. The van der Waals surface area contributed by atoms with E-state index in [0.717, 1.165) is 44.1 Å². The second-order valence-corrected chi connectivity index (χ2v) is 6.60. The number of hydrogen-bond donors (Lipinski definition) is 1. The van der Waals surface area contributed by atoms with Crippen LogP contribution in [0, 0.1) is 12.8 Å². The van der Waals surface area contributed by atoms with Crippen LogP contribution < -0.4 is 5.32 Å². The van der Waals surface area contributed by atoms with Crippen molar-refractivity contribution in [1.82, 2.24) is 5.32 Å². The Labute approximate surface area is 122 Å². The van der Waals surface area contributed by atoms with E-state index < -0.39 is 0 Å². The molecule has 2 nitrogen and oxygen atoms in total. The van der Waals surface area contributed by atoms with Crippen LogP contribution >= 0.6 is 0 Å². The molecule has 110 valence electrons. The lowest BCUT2D eigenvalue weighted by molar-refractivity contribution is 0.120. The highest BCUT2D eigenvalue weighted by atomic mass is 16.5. The Kier molecular flexibility index (Phi) is 4.74. The van der Waals surface area contributed by atoms with Crippen molar-refractivity contribution in [2.75, 3.05) is 19.8 Å². The molecular weight excluding hydrogens is 246 g/mol. The molecule has 2 saturated carbocycles. The van der Waals surface area contributed by atoms with E-state index in [1.165, 1.54) is 36.8 Å². The third kappa shape index (κ3) is 4.07. The summed E-state index contributed by atoms with van der Waals surface area (Å²) in [7, 11) is 0. The van der Waals surface area contributed by atoms with Gasteiger partial charge in [-0.3, -0.25) is 0 Å². The summed E-state index contributed by atoms with van der Waals surface area (Å²) in [6.07, 6.45) is 6.53. The largest absolute Gasteiger partial charge is 0.381 e. The van der Waals surface area contributed by atoms with Gasteiger partial charge in [0.25, 0.3) is 0 Å². The predicted octanol–water partition coefficient (Wildman–Crippen LogP) is 3.65. The minimum absolute atomic E-state index is 0.727. The minimum Gasteiger partial charge on any atom is -0.381 e. The molecule has 3 rings (SSSR count). The Morgan fingerprint density at radius 1 is 1.15 bits per heavy atom. The number of hydrogen-bond acceptors (Lipinski definition) is 2. The zero-order valence-electron chi connectivity index (χ0n) is 12.6. The zero-order valence-corrected chi connectivity index (χ0v) is 12.6. The summed E-state index contributed by atoms with van der Waals surface area (Å²) < 4.78 is 5.65. The molecule has 0 atom stereocenters. The highest BCUT2D eigenvalue weighted by Gasteiger charge is 2.29. The van der Waals surface area contributed by atoms with Crippen molar-refractivity contribution in [2.24, 2.45) is 5.92 Å². The number of nitrogens with one attached hydrogen (secondary N) is 1. The highest BCUT2D eigenvalue weighted by molar-refractivity contribution is 5.26. The lowest BCUT2D eigenvalue weighted by Crippen LogP contribution is -2.40. The lowest BCUT2D eigenvalue weighted by atomic mass is 9.76. The summed E-state index contributed by atoms with van der Waals surface area (Å²) in [5.41, 5.74) is 2.87. The summed E-state index contributed by atoms with van der Waals surface area (Å²) in [5.74, 6) is 1.67. The zero-order chi connectivity index (χ0) is 13.8. The fourth-order valence-electron chi connectivity index (χ4n) is 2.91. The van der Waals surface area contributed by atoms with Gasteiger partial charge in [-0.1, -0.05) is 29.8 Å². The smallest absolute Gasteiger partial charge is 0.0494 e. The molecule has 0 amide bonds. The summed E-state index contributed by atoms with van der Waals surface area (Å²) in [4.78, 5) is 0. The average Bonchev–Trinajstić information content (AvgIpc) is 3.21. The van der Waals surface area contributed by atoms with Crippen molar-refractivity contribution in [1.29, 1.82) is 0 Å². The van der Waals surface area contributed by atoms with Crippen LogP contribution in [0.15, 0.2) is 24.3 Å². The normalized spacial score (nSPS) is 25.4. The van der Waals surface area contributed by atoms with E-state index in [1.807, 2.05) is 0 Å². The first kappa shape index (κ1) is 14.1. The van der Waals surface area contributed by atoms with Gasteiger partial charge in [0.1, 0.15) is 0 Å². The number of aryl methyl sites for hydroxylation is 1. The Morgan fingerprint density at radius 3 is 2.60 bits per heavy atom. The van der Waals surface area contributed by atoms with Gasteiger partial charge in [0.2, 0.25) is 0 Å². The Balaban J connectivity index is 1.23. The Bertz CT molecular complexity index is 404. The van der Waals surface area contributed by atoms with Crippen molar-refractivity contribution in [3.8, 4) is 0 Å². The first-order valence-electron chi connectivity index (χ1n) is 8.19. The van der Waals surface area contributed by atoms with Crippen LogP contribution in [0.5, 0.6) is 0 Å². The second-order valence-electron chi connectivity index (χ2n) is 6.60. The van der Waals surface area contributed by atoms with Crippen LogP contribution in [0.3, 0.4) is 0 Å². The molecule has 2 aliphatic rings. The van der Waals surface area contributed by atoms with Gasteiger partial charge in [-0.15, -0.1) is 0 Å². The van der Waals surface area contributed by atoms with E-state index in [-0.39, 0.29) is 0 Å². The summed E-state index contributed by atoms with van der Waals surface area (Å²) in [6, 6.07) is 9.77. The molecule has 1 aromatic carbocycles. The minimum atomic E-state index is 0.727.